The van der Waals surface area contributed by atoms with Crippen molar-refractivity contribution in [3.05, 3.63) is 24.4 Å². The standard InChI is InChI=1S/C19H31N5O.HI/c1-2-20-19(22-14-15-6-5-7-17(15)25)23-16-9-12-24(13-10-16)18-8-3-4-11-21-18;/h3-4,8,11,15-17,25H,2,5-7,9-10,12-14H2,1H3,(H2,20,22,23);1H. The first kappa shape index (κ1) is 21.2. The highest BCUT2D eigenvalue weighted by Gasteiger charge is 2.25. The number of anilines is 1. The van der Waals surface area contributed by atoms with Crippen LogP contribution in [0.15, 0.2) is 29.4 Å². The Morgan fingerprint density at radius 2 is 2.08 bits per heavy atom. The molecule has 0 radical (unpaired) electrons. The van der Waals surface area contributed by atoms with E-state index < -0.39 is 0 Å². The molecule has 1 saturated heterocycles. The van der Waals surface area contributed by atoms with E-state index in [2.05, 4.69) is 33.5 Å². The van der Waals surface area contributed by atoms with Crippen LogP contribution < -0.4 is 15.5 Å². The fourth-order valence-electron chi connectivity index (χ4n) is 3.75. The minimum Gasteiger partial charge on any atom is -0.393 e. The Labute approximate surface area is 173 Å². The zero-order valence-corrected chi connectivity index (χ0v) is 17.9. The van der Waals surface area contributed by atoms with Crippen molar-refractivity contribution in [2.75, 3.05) is 31.1 Å². The van der Waals surface area contributed by atoms with Gasteiger partial charge in [-0.1, -0.05) is 12.5 Å². The molecule has 2 unspecified atom stereocenters. The van der Waals surface area contributed by atoms with Gasteiger partial charge in [0, 0.05) is 44.3 Å². The summed E-state index contributed by atoms with van der Waals surface area (Å²) in [6.07, 6.45) is 6.97. The lowest BCUT2D eigenvalue weighted by molar-refractivity contribution is 0.136. The number of aliphatic hydroxyl groups excluding tert-OH is 1. The Morgan fingerprint density at radius 1 is 1.27 bits per heavy atom. The molecule has 1 aliphatic heterocycles. The highest BCUT2D eigenvalue weighted by molar-refractivity contribution is 14.0. The highest BCUT2D eigenvalue weighted by Crippen LogP contribution is 2.25. The van der Waals surface area contributed by atoms with Crippen molar-refractivity contribution in [1.82, 2.24) is 15.6 Å². The number of halogens is 1. The Balaban J connectivity index is 0.00000243. The number of nitrogens with zero attached hydrogens (tertiary/aromatic N) is 3. The summed E-state index contributed by atoms with van der Waals surface area (Å²) in [5, 5.41) is 16.9. The van der Waals surface area contributed by atoms with Crippen molar-refractivity contribution in [2.24, 2.45) is 10.9 Å². The van der Waals surface area contributed by atoms with Gasteiger partial charge in [0.25, 0.3) is 0 Å². The van der Waals surface area contributed by atoms with E-state index in [1.807, 2.05) is 18.3 Å². The molecule has 7 heteroatoms. The average Bonchev–Trinajstić information content (AvgIpc) is 3.06. The van der Waals surface area contributed by atoms with E-state index in [-0.39, 0.29) is 30.1 Å². The molecule has 1 aromatic heterocycles. The number of guanidine groups is 1. The number of aliphatic imine (C=N–C) groups is 1. The first-order valence-electron chi connectivity index (χ1n) is 9.65. The van der Waals surface area contributed by atoms with E-state index in [1.165, 1.54) is 0 Å². The van der Waals surface area contributed by atoms with E-state index in [0.717, 1.165) is 63.5 Å². The minimum absolute atomic E-state index is 0. The molecule has 1 saturated carbocycles. The van der Waals surface area contributed by atoms with E-state index in [1.54, 1.807) is 0 Å². The third-order valence-corrected chi connectivity index (χ3v) is 5.26. The molecule has 1 aromatic rings. The van der Waals surface area contributed by atoms with Crippen LogP contribution in [0, 0.1) is 5.92 Å². The Morgan fingerprint density at radius 3 is 2.69 bits per heavy atom. The maximum atomic E-state index is 9.97. The van der Waals surface area contributed by atoms with Gasteiger partial charge in [-0.2, -0.15) is 0 Å². The van der Waals surface area contributed by atoms with Gasteiger partial charge in [0.2, 0.25) is 0 Å². The van der Waals surface area contributed by atoms with E-state index >= 15 is 0 Å². The number of hydrogen-bond donors (Lipinski definition) is 3. The van der Waals surface area contributed by atoms with Crippen LogP contribution in [0.4, 0.5) is 5.82 Å². The summed E-state index contributed by atoms with van der Waals surface area (Å²) in [5.41, 5.74) is 0. The van der Waals surface area contributed by atoms with Crippen LogP contribution in [0.1, 0.15) is 39.0 Å². The second kappa shape index (κ2) is 10.9. The number of hydrogen-bond acceptors (Lipinski definition) is 4. The topological polar surface area (TPSA) is 72.8 Å². The zero-order valence-electron chi connectivity index (χ0n) is 15.6. The minimum atomic E-state index is -0.173. The van der Waals surface area contributed by atoms with Crippen LogP contribution in [-0.2, 0) is 0 Å². The summed E-state index contributed by atoms with van der Waals surface area (Å²) >= 11 is 0. The van der Waals surface area contributed by atoms with Crippen molar-refractivity contribution >= 4 is 35.8 Å². The third-order valence-electron chi connectivity index (χ3n) is 5.26. The highest BCUT2D eigenvalue weighted by atomic mass is 127. The molecule has 1 aliphatic carbocycles. The number of rotatable bonds is 5. The Bertz CT molecular complexity index is 548. The molecule has 2 fully saturated rings. The number of nitrogens with one attached hydrogen (secondary N) is 2. The van der Waals surface area contributed by atoms with Crippen LogP contribution in [0.5, 0.6) is 0 Å². The molecule has 2 atom stereocenters. The van der Waals surface area contributed by atoms with Crippen molar-refractivity contribution in [3.63, 3.8) is 0 Å². The van der Waals surface area contributed by atoms with Crippen LogP contribution in [-0.4, -0.2) is 54.4 Å². The number of pyridine rings is 1. The Hall–Kier alpha value is -1.09. The van der Waals surface area contributed by atoms with Gasteiger partial charge in [0.05, 0.1) is 6.10 Å². The predicted octanol–water partition coefficient (Wildman–Crippen LogP) is 2.38. The third kappa shape index (κ3) is 5.97. The molecule has 2 heterocycles. The summed E-state index contributed by atoms with van der Waals surface area (Å²) in [5.74, 6) is 2.27. The fraction of sp³-hybridized carbons (Fsp3) is 0.684. The molecule has 26 heavy (non-hydrogen) atoms. The fourth-order valence-corrected chi connectivity index (χ4v) is 3.75. The van der Waals surface area contributed by atoms with E-state index in [9.17, 15) is 5.11 Å². The number of aromatic nitrogens is 1. The van der Waals surface area contributed by atoms with Crippen LogP contribution in [0.3, 0.4) is 0 Å². The predicted molar refractivity (Wildman–Crippen MR) is 117 cm³/mol. The molecule has 0 amide bonds. The summed E-state index contributed by atoms with van der Waals surface area (Å²) in [4.78, 5) is 11.5. The average molecular weight is 473 g/mol. The summed E-state index contributed by atoms with van der Waals surface area (Å²) in [6, 6.07) is 6.51. The smallest absolute Gasteiger partial charge is 0.191 e. The maximum absolute atomic E-state index is 9.97. The summed E-state index contributed by atoms with van der Waals surface area (Å²) in [7, 11) is 0. The molecular weight excluding hydrogens is 441 g/mol. The molecule has 0 aromatic carbocycles. The van der Waals surface area contributed by atoms with Crippen LogP contribution >= 0.6 is 24.0 Å². The van der Waals surface area contributed by atoms with Crippen LogP contribution in [0.2, 0.25) is 0 Å². The second-order valence-corrected chi connectivity index (χ2v) is 7.07. The lowest BCUT2D eigenvalue weighted by atomic mass is 10.1. The van der Waals surface area contributed by atoms with Gasteiger partial charge in [-0.05, 0) is 44.7 Å². The van der Waals surface area contributed by atoms with Crippen molar-refractivity contribution in [3.8, 4) is 0 Å². The van der Waals surface area contributed by atoms with Gasteiger partial charge >= 0.3 is 0 Å². The molecule has 3 rings (SSSR count). The maximum Gasteiger partial charge on any atom is 0.191 e. The first-order chi connectivity index (χ1) is 12.3. The van der Waals surface area contributed by atoms with E-state index in [4.69, 9.17) is 4.99 Å². The summed E-state index contributed by atoms with van der Waals surface area (Å²) in [6.45, 7) is 5.67. The molecule has 0 bridgehead atoms. The molecule has 146 valence electrons. The number of aliphatic hydroxyl groups is 1. The lowest BCUT2D eigenvalue weighted by Crippen LogP contribution is -2.49. The molecule has 0 spiro atoms. The van der Waals surface area contributed by atoms with Gasteiger partial charge in [-0.3, -0.25) is 4.99 Å². The van der Waals surface area contributed by atoms with Crippen molar-refractivity contribution < 1.29 is 5.11 Å². The largest absolute Gasteiger partial charge is 0.393 e. The monoisotopic (exact) mass is 473 g/mol. The quantitative estimate of drug-likeness (QED) is 0.348. The van der Waals surface area contributed by atoms with Crippen molar-refractivity contribution in [2.45, 2.75) is 51.2 Å². The Kier molecular flexibility index (Phi) is 8.90. The molecule has 6 nitrogen and oxygen atoms in total. The van der Waals surface area contributed by atoms with Gasteiger partial charge < -0.3 is 20.6 Å². The second-order valence-electron chi connectivity index (χ2n) is 7.07. The van der Waals surface area contributed by atoms with Crippen LogP contribution in [0.25, 0.3) is 0 Å². The number of piperidine rings is 1. The normalized spacial score (nSPS) is 24.2. The summed E-state index contributed by atoms with van der Waals surface area (Å²) < 4.78 is 0. The first-order valence-corrected chi connectivity index (χ1v) is 9.65. The lowest BCUT2D eigenvalue weighted by Gasteiger charge is -2.33. The molecule has 3 N–H and O–H groups in total. The van der Waals surface area contributed by atoms with Gasteiger partial charge in [-0.25, -0.2) is 4.98 Å². The zero-order chi connectivity index (χ0) is 17.5. The van der Waals surface area contributed by atoms with Gasteiger partial charge in [-0.15, -0.1) is 24.0 Å². The van der Waals surface area contributed by atoms with E-state index in [0.29, 0.717) is 18.5 Å². The van der Waals surface area contributed by atoms with Gasteiger partial charge in [0.15, 0.2) is 5.96 Å². The molecular formula is C19H32IN5O. The van der Waals surface area contributed by atoms with Gasteiger partial charge in [0.1, 0.15) is 5.82 Å². The SMILES string of the molecule is CCNC(=NCC1CCCC1O)NC1CCN(c2ccccn2)CC1.I. The van der Waals surface area contributed by atoms with Crippen molar-refractivity contribution in [1.29, 1.82) is 0 Å². The molecule has 2 aliphatic rings.